The van der Waals surface area contributed by atoms with Crippen LogP contribution in [0.25, 0.3) is 0 Å². The topological polar surface area (TPSA) is 140 Å². The first-order valence-electron chi connectivity index (χ1n) is 8.91. The standard InChI is InChI=1S/C19H13FN6O5/c20-15-3-1-2-4-16(15)21-17(27)10-24-8-11(22-23-24)9-25-18(28)13-6-5-12(26(30)31)7-14(13)19(25)29/h1-8H,9-10H2,(H,21,27). The van der Waals surface area contributed by atoms with Crippen LogP contribution in [-0.2, 0) is 17.9 Å². The van der Waals surface area contributed by atoms with Crippen LogP contribution in [0.15, 0.2) is 48.7 Å². The van der Waals surface area contributed by atoms with Crippen LogP contribution in [0.4, 0.5) is 15.8 Å². The molecule has 2 heterocycles. The lowest BCUT2D eigenvalue weighted by Gasteiger charge is -2.11. The van der Waals surface area contributed by atoms with Crippen molar-refractivity contribution in [2.75, 3.05) is 5.32 Å². The van der Waals surface area contributed by atoms with Crippen molar-refractivity contribution in [2.45, 2.75) is 13.1 Å². The van der Waals surface area contributed by atoms with Gasteiger partial charge < -0.3 is 5.32 Å². The van der Waals surface area contributed by atoms with E-state index in [1.165, 1.54) is 35.1 Å². The average molecular weight is 424 g/mol. The predicted octanol–water partition coefficient (Wildman–Crippen LogP) is 1.76. The number of imide groups is 1. The minimum Gasteiger partial charge on any atom is -0.322 e. The summed E-state index contributed by atoms with van der Waals surface area (Å²) in [5.74, 6) is -2.42. The molecule has 31 heavy (non-hydrogen) atoms. The van der Waals surface area contributed by atoms with Crippen LogP contribution in [0, 0.1) is 15.9 Å². The zero-order valence-electron chi connectivity index (χ0n) is 15.7. The Bertz CT molecular complexity index is 1240. The van der Waals surface area contributed by atoms with Crippen LogP contribution in [0.5, 0.6) is 0 Å². The van der Waals surface area contributed by atoms with Crippen LogP contribution >= 0.6 is 0 Å². The second kappa shape index (κ2) is 7.74. The van der Waals surface area contributed by atoms with Crippen LogP contribution in [-0.4, -0.2) is 42.5 Å². The Hall–Kier alpha value is -4.48. The molecule has 0 atom stereocenters. The molecule has 0 aliphatic carbocycles. The number of para-hydroxylation sites is 1. The number of carbonyl (C=O) groups excluding carboxylic acids is 3. The summed E-state index contributed by atoms with van der Waals surface area (Å²) in [5, 5.41) is 20.9. The van der Waals surface area contributed by atoms with E-state index in [1.54, 1.807) is 6.07 Å². The van der Waals surface area contributed by atoms with Gasteiger partial charge in [0.2, 0.25) is 5.91 Å². The number of rotatable bonds is 6. The van der Waals surface area contributed by atoms with E-state index in [2.05, 4.69) is 15.6 Å². The van der Waals surface area contributed by atoms with Gasteiger partial charge in [0.25, 0.3) is 17.5 Å². The summed E-state index contributed by atoms with van der Waals surface area (Å²) >= 11 is 0. The molecular formula is C19H13FN6O5. The number of anilines is 1. The fourth-order valence-electron chi connectivity index (χ4n) is 3.09. The second-order valence-electron chi connectivity index (χ2n) is 6.62. The van der Waals surface area contributed by atoms with E-state index in [4.69, 9.17) is 0 Å². The number of hydrogen-bond donors (Lipinski definition) is 1. The van der Waals surface area contributed by atoms with Crippen molar-refractivity contribution in [1.82, 2.24) is 19.9 Å². The van der Waals surface area contributed by atoms with Gasteiger partial charge in [-0.1, -0.05) is 17.3 Å². The molecule has 0 fully saturated rings. The number of nitro groups is 1. The minimum absolute atomic E-state index is 0.0213. The van der Waals surface area contributed by atoms with Crippen molar-refractivity contribution in [3.63, 3.8) is 0 Å². The first kappa shape index (κ1) is 19.8. The van der Waals surface area contributed by atoms with Crippen molar-refractivity contribution in [2.24, 2.45) is 0 Å². The predicted molar refractivity (Wildman–Crippen MR) is 102 cm³/mol. The fraction of sp³-hybridized carbons (Fsp3) is 0.105. The van der Waals surface area contributed by atoms with Gasteiger partial charge in [-0.3, -0.25) is 29.4 Å². The Balaban J connectivity index is 1.43. The zero-order valence-corrected chi connectivity index (χ0v) is 15.7. The third-order valence-corrected chi connectivity index (χ3v) is 4.52. The molecule has 0 bridgehead atoms. The molecular weight excluding hydrogens is 411 g/mol. The largest absolute Gasteiger partial charge is 0.322 e. The molecule has 0 saturated carbocycles. The molecule has 0 unspecified atom stereocenters. The van der Waals surface area contributed by atoms with Gasteiger partial charge in [-0.15, -0.1) is 5.10 Å². The normalized spacial score (nSPS) is 12.7. The summed E-state index contributed by atoms with van der Waals surface area (Å²) in [6.45, 7) is -0.495. The molecule has 1 N–H and O–H groups in total. The summed E-state index contributed by atoms with van der Waals surface area (Å²) in [7, 11) is 0. The first-order chi connectivity index (χ1) is 14.8. The number of fused-ring (bicyclic) bond motifs is 1. The Morgan fingerprint density at radius 2 is 1.87 bits per heavy atom. The molecule has 0 spiro atoms. The van der Waals surface area contributed by atoms with Crippen molar-refractivity contribution >= 4 is 29.1 Å². The van der Waals surface area contributed by atoms with E-state index in [1.807, 2.05) is 0 Å². The number of amides is 3. The molecule has 3 aromatic rings. The number of benzene rings is 2. The Morgan fingerprint density at radius 1 is 1.13 bits per heavy atom. The Kier molecular flexibility index (Phi) is 4.95. The third-order valence-electron chi connectivity index (χ3n) is 4.52. The molecule has 2 aromatic carbocycles. The van der Waals surface area contributed by atoms with Crippen LogP contribution in [0.1, 0.15) is 26.4 Å². The Labute approximate surface area is 173 Å². The van der Waals surface area contributed by atoms with E-state index in [0.717, 1.165) is 17.0 Å². The quantitative estimate of drug-likeness (QED) is 0.361. The first-order valence-corrected chi connectivity index (χ1v) is 8.91. The molecule has 0 radical (unpaired) electrons. The number of hydrogen-bond acceptors (Lipinski definition) is 7. The van der Waals surface area contributed by atoms with E-state index in [0.29, 0.717) is 0 Å². The van der Waals surface area contributed by atoms with Crippen LogP contribution in [0.2, 0.25) is 0 Å². The highest BCUT2D eigenvalue weighted by atomic mass is 19.1. The number of nitro benzene ring substituents is 1. The molecule has 3 amide bonds. The molecule has 1 aromatic heterocycles. The molecule has 1 aliphatic rings. The summed E-state index contributed by atoms with van der Waals surface area (Å²) in [4.78, 5) is 48.3. The number of carbonyl (C=O) groups is 3. The van der Waals surface area contributed by atoms with E-state index < -0.39 is 28.5 Å². The third kappa shape index (κ3) is 3.85. The lowest BCUT2D eigenvalue weighted by molar-refractivity contribution is -0.384. The lowest BCUT2D eigenvalue weighted by Crippen LogP contribution is -2.29. The minimum atomic E-state index is -0.685. The monoisotopic (exact) mass is 424 g/mol. The summed E-state index contributed by atoms with van der Waals surface area (Å²) < 4.78 is 14.8. The van der Waals surface area contributed by atoms with Gasteiger partial charge in [0.15, 0.2) is 0 Å². The highest BCUT2D eigenvalue weighted by molar-refractivity contribution is 6.21. The van der Waals surface area contributed by atoms with Crippen molar-refractivity contribution in [1.29, 1.82) is 0 Å². The van der Waals surface area contributed by atoms with Crippen molar-refractivity contribution < 1.29 is 23.7 Å². The lowest BCUT2D eigenvalue weighted by atomic mass is 10.1. The second-order valence-corrected chi connectivity index (χ2v) is 6.62. The van der Waals surface area contributed by atoms with Crippen LogP contribution in [0.3, 0.4) is 0 Å². The van der Waals surface area contributed by atoms with Crippen molar-refractivity contribution in [3.05, 3.63) is 81.4 Å². The van der Waals surface area contributed by atoms with Gasteiger partial charge in [0.05, 0.1) is 34.5 Å². The van der Waals surface area contributed by atoms with E-state index >= 15 is 0 Å². The SMILES string of the molecule is O=C(Cn1cc(CN2C(=O)c3ccc([N+](=O)[O-])cc3C2=O)nn1)Nc1ccccc1F. The Morgan fingerprint density at radius 3 is 2.61 bits per heavy atom. The maximum Gasteiger partial charge on any atom is 0.270 e. The van der Waals surface area contributed by atoms with Gasteiger partial charge in [0.1, 0.15) is 18.1 Å². The highest BCUT2D eigenvalue weighted by Gasteiger charge is 2.37. The zero-order chi connectivity index (χ0) is 22.1. The van der Waals surface area contributed by atoms with E-state index in [9.17, 15) is 28.9 Å². The fourth-order valence-corrected chi connectivity index (χ4v) is 3.09. The maximum atomic E-state index is 13.6. The highest BCUT2D eigenvalue weighted by Crippen LogP contribution is 2.27. The summed E-state index contributed by atoms with van der Waals surface area (Å²) in [6, 6.07) is 9.12. The number of aromatic nitrogens is 3. The van der Waals surface area contributed by atoms with Gasteiger partial charge in [0, 0.05) is 12.1 Å². The summed E-state index contributed by atoms with van der Waals surface area (Å²) in [6.07, 6.45) is 1.37. The van der Waals surface area contributed by atoms with Gasteiger partial charge in [-0.2, -0.15) is 0 Å². The van der Waals surface area contributed by atoms with E-state index in [-0.39, 0.29) is 41.3 Å². The van der Waals surface area contributed by atoms with Gasteiger partial charge in [-0.25, -0.2) is 9.07 Å². The van der Waals surface area contributed by atoms with Crippen LogP contribution < -0.4 is 5.32 Å². The van der Waals surface area contributed by atoms with Gasteiger partial charge in [-0.05, 0) is 18.2 Å². The molecule has 0 saturated heterocycles. The number of halogens is 1. The number of nitrogens with one attached hydrogen (secondary N) is 1. The maximum absolute atomic E-state index is 13.6. The average Bonchev–Trinajstić information content (AvgIpc) is 3.27. The molecule has 11 nitrogen and oxygen atoms in total. The van der Waals surface area contributed by atoms with Gasteiger partial charge >= 0.3 is 0 Å². The molecule has 4 rings (SSSR count). The molecule has 156 valence electrons. The summed E-state index contributed by atoms with van der Waals surface area (Å²) in [5.41, 5.74) is -0.0488. The number of non-ortho nitro benzene ring substituents is 1. The molecule has 12 heteroatoms. The number of nitrogens with zero attached hydrogens (tertiary/aromatic N) is 5. The molecule has 1 aliphatic heterocycles. The van der Waals surface area contributed by atoms with Crippen molar-refractivity contribution in [3.8, 4) is 0 Å². The smallest absolute Gasteiger partial charge is 0.270 e.